The first-order valence-corrected chi connectivity index (χ1v) is 10.8. The number of alkyl carbamates (subject to hydrolysis) is 1. The standard InChI is InChI=1S/C20H20F5N7O4/c1-19(2-3-19)29-18(33)36-12-8-34-15(14(12)22)11-4-13(31-30-11)28-17-26-5-10(21)16-27-9(6-32(16)17)7-35-20(23,24)25/h4-6,12,14-15H,2-3,7-8H2,1H3,(H,29,33)(H2,26,28,30,31). The first-order chi connectivity index (χ1) is 17.0. The van der Waals surface area contributed by atoms with E-state index in [1.54, 1.807) is 0 Å². The van der Waals surface area contributed by atoms with Crippen molar-refractivity contribution in [3.05, 3.63) is 35.7 Å². The van der Waals surface area contributed by atoms with Gasteiger partial charge in [-0.15, -0.1) is 13.2 Å². The number of hydrogen-bond acceptors (Lipinski definition) is 8. The number of aromatic nitrogens is 5. The molecule has 1 amide bonds. The lowest BCUT2D eigenvalue weighted by Crippen LogP contribution is -2.39. The highest BCUT2D eigenvalue weighted by Crippen LogP contribution is 2.36. The summed E-state index contributed by atoms with van der Waals surface area (Å²) in [6.07, 6.45) is -5.86. The maximum Gasteiger partial charge on any atom is 0.522 e. The third-order valence-corrected chi connectivity index (χ3v) is 5.77. The second kappa shape index (κ2) is 8.85. The number of H-pyrrole nitrogens is 1. The number of fused-ring (bicyclic) bond motifs is 1. The summed E-state index contributed by atoms with van der Waals surface area (Å²) >= 11 is 0. The van der Waals surface area contributed by atoms with Crippen LogP contribution in [0.2, 0.25) is 0 Å². The van der Waals surface area contributed by atoms with Gasteiger partial charge in [0.2, 0.25) is 5.95 Å². The van der Waals surface area contributed by atoms with Gasteiger partial charge in [-0.1, -0.05) is 0 Å². The van der Waals surface area contributed by atoms with Crippen molar-refractivity contribution in [1.29, 1.82) is 0 Å². The molecular weight excluding hydrogens is 497 g/mol. The molecule has 4 heterocycles. The van der Waals surface area contributed by atoms with E-state index in [-0.39, 0.29) is 40.9 Å². The molecule has 0 radical (unpaired) electrons. The summed E-state index contributed by atoms with van der Waals surface area (Å²) in [6, 6.07) is 1.41. The van der Waals surface area contributed by atoms with E-state index in [1.165, 1.54) is 6.07 Å². The summed E-state index contributed by atoms with van der Waals surface area (Å²) < 4.78 is 81.4. The SMILES string of the molecule is CC1(NC(=O)OC2COC(c3cc(Nc4ncc(F)c5nc(COC(F)(F)F)cn45)n[nH]3)C2F)CC1. The van der Waals surface area contributed by atoms with E-state index in [9.17, 15) is 26.7 Å². The lowest BCUT2D eigenvalue weighted by Gasteiger charge is -2.17. The Morgan fingerprint density at radius 3 is 2.89 bits per heavy atom. The van der Waals surface area contributed by atoms with Gasteiger partial charge in [-0.2, -0.15) is 5.10 Å². The van der Waals surface area contributed by atoms with Crippen LogP contribution in [0.5, 0.6) is 0 Å². The van der Waals surface area contributed by atoms with Crippen LogP contribution in [0.4, 0.5) is 38.5 Å². The number of aromatic amines is 1. The van der Waals surface area contributed by atoms with Crippen molar-refractivity contribution >= 4 is 23.5 Å². The molecule has 2 fully saturated rings. The summed E-state index contributed by atoms with van der Waals surface area (Å²) in [5, 5.41) is 12.1. The molecule has 1 aliphatic heterocycles. The number of rotatable bonds is 7. The fraction of sp³-hybridized carbons (Fsp3) is 0.500. The summed E-state index contributed by atoms with van der Waals surface area (Å²) in [4.78, 5) is 19.7. The van der Waals surface area contributed by atoms with Gasteiger partial charge in [0, 0.05) is 17.8 Å². The smallest absolute Gasteiger partial charge is 0.441 e. The van der Waals surface area contributed by atoms with E-state index < -0.39 is 43.3 Å². The number of nitrogens with zero attached hydrogens (tertiary/aromatic N) is 4. The molecule has 36 heavy (non-hydrogen) atoms. The van der Waals surface area contributed by atoms with Crippen molar-refractivity contribution in [2.45, 2.75) is 56.7 Å². The number of imidazole rings is 1. The van der Waals surface area contributed by atoms with Crippen LogP contribution >= 0.6 is 0 Å². The molecule has 3 unspecified atom stereocenters. The number of hydrogen-bond donors (Lipinski definition) is 3. The highest BCUT2D eigenvalue weighted by Gasteiger charge is 2.44. The lowest BCUT2D eigenvalue weighted by atomic mass is 10.1. The van der Waals surface area contributed by atoms with E-state index in [2.05, 4.69) is 35.5 Å². The minimum Gasteiger partial charge on any atom is -0.441 e. The normalized spacial score (nSPS) is 23.1. The number of ether oxygens (including phenoxy) is 3. The Labute approximate surface area is 199 Å². The van der Waals surface area contributed by atoms with Gasteiger partial charge in [0.15, 0.2) is 29.6 Å². The highest BCUT2D eigenvalue weighted by atomic mass is 19.4. The van der Waals surface area contributed by atoms with Crippen LogP contribution in [0, 0.1) is 5.82 Å². The van der Waals surface area contributed by atoms with Crippen molar-refractivity contribution in [1.82, 2.24) is 29.9 Å². The van der Waals surface area contributed by atoms with Gasteiger partial charge >= 0.3 is 12.5 Å². The van der Waals surface area contributed by atoms with E-state index in [0.717, 1.165) is 29.6 Å². The second-order valence-corrected chi connectivity index (χ2v) is 8.75. The average Bonchev–Trinajstić information content (AvgIpc) is 3.16. The minimum absolute atomic E-state index is 0.0224. The van der Waals surface area contributed by atoms with Crippen molar-refractivity contribution < 1.29 is 41.0 Å². The van der Waals surface area contributed by atoms with Crippen molar-refractivity contribution in [3.8, 4) is 0 Å². The van der Waals surface area contributed by atoms with Crippen molar-refractivity contribution in [3.63, 3.8) is 0 Å². The Balaban J connectivity index is 1.26. The monoisotopic (exact) mass is 517 g/mol. The zero-order chi connectivity index (χ0) is 25.7. The second-order valence-electron chi connectivity index (χ2n) is 8.75. The first kappa shape index (κ1) is 24.2. The van der Waals surface area contributed by atoms with Gasteiger partial charge in [-0.25, -0.2) is 23.5 Å². The zero-order valence-electron chi connectivity index (χ0n) is 18.6. The number of alkyl halides is 4. The molecule has 0 aromatic carbocycles. The van der Waals surface area contributed by atoms with Crippen molar-refractivity contribution in [2.75, 3.05) is 11.9 Å². The molecule has 11 nitrogen and oxygen atoms in total. The van der Waals surface area contributed by atoms with Gasteiger partial charge in [0.1, 0.15) is 6.10 Å². The molecule has 2 aliphatic rings. The van der Waals surface area contributed by atoms with E-state index in [0.29, 0.717) is 0 Å². The fourth-order valence-corrected chi connectivity index (χ4v) is 3.64. The molecule has 3 atom stereocenters. The Hall–Kier alpha value is -3.53. The third-order valence-electron chi connectivity index (χ3n) is 5.77. The molecular formula is C20H20F5N7O4. The van der Waals surface area contributed by atoms with Gasteiger partial charge < -0.3 is 20.1 Å². The van der Waals surface area contributed by atoms with E-state index in [4.69, 9.17) is 9.47 Å². The Bertz CT molecular complexity index is 1280. The molecule has 1 saturated heterocycles. The van der Waals surface area contributed by atoms with Crippen LogP contribution in [0.15, 0.2) is 18.5 Å². The molecule has 1 saturated carbocycles. The lowest BCUT2D eigenvalue weighted by molar-refractivity contribution is -0.330. The molecule has 0 spiro atoms. The molecule has 3 aromatic heterocycles. The maximum absolute atomic E-state index is 14.9. The predicted molar refractivity (Wildman–Crippen MR) is 110 cm³/mol. The van der Waals surface area contributed by atoms with Gasteiger partial charge in [-0.3, -0.25) is 14.2 Å². The highest BCUT2D eigenvalue weighted by molar-refractivity contribution is 5.69. The van der Waals surface area contributed by atoms with Crippen LogP contribution in [-0.4, -0.2) is 61.4 Å². The molecule has 0 bridgehead atoms. The quantitative estimate of drug-likeness (QED) is 0.407. The minimum atomic E-state index is -4.88. The molecule has 5 rings (SSSR count). The van der Waals surface area contributed by atoms with E-state index >= 15 is 0 Å². The molecule has 3 N–H and O–H groups in total. The van der Waals surface area contributed by atoms with Crippen LogP contribution in [0.1, 0.15) is 37.3 Å². The van der Waals surface area contributed by atoms with Crippen LogP contribution in [0.25, 0.3) is 5.65 Å². The molecule has 16 heteroatoms. The van der Waals surface area contributed by atoms with Crippen LogP contribution in [-0.2, 0) is 20.8 Å². The number of anilines is 2. The predicted octanol–water partition coefficient (Wildman–Crippen LogP) is 3.43. The Kier molecular flexibility index (Phi) is 5.94. The largest absolute Gasteiger partial charge is 0.522 e. The Morgan fingerprint density at radius 1 is 1.39 bits per heavy atom. The molecule has 1 aliphatic carbocycles. The first-order valence-electron chi connectivity index (χ1n) is 10.8. The van der Waals surface area contributed by atoms with Gasteiger partial charge in [-0.05, 0) is 19.8 Å². The van der Waals surface area contributed by atoms with Crippen LogP contribution in [0.3, 0.4) is 0 Å². The van der Waals surface area contributed by atoms with Crippen LogP contribution < -0.4 is 10.6 Å². The molecule has 194 valence electrons. The summed E-state index contributed by atoms with van der Waals surface area (Å²) in [5.41, 5.74) is -0.554. The summed E-state index contributed by atoms with van der Waals surface area (Å²) in [7, 11) is 0. The number of halogens is 5. The average molecular weight is 517 g/mol. The third kappa shape index (κ3) is 5.18. The number of amides is 1. The summed E-state index contributed by atoms with van der Waals surface area (Å²) in [5.74, 6) is -0.760. The van der Waals surface area contributed by atoms with E-state index in [1.807, 2.05) is 6.92 Å². The van der Waals surface area contributed by atoms with Gasteiger partial charge in [0.05, 0.1) is 30.8 Å². The fourth-order valence-electron chi connectivity index (χ4n) is 3.64. The number of nitrogens with one attached hydrogen (secondary N) is 3. The molecule has 3 aromatic rings. The summed E-state index contributed by atoms with van der Waals surface area (Å²) in [6.45, 7) is 0.780. The van der Waals surface area contributed by atoms with Crippen molar-refractivity contribution in [2.24, 2.45) is 0 Å². The van der Waals surface area contributed by atoms with Gasteiger partial charge in [0.25, 0.3) is 0 Å². The zero-order valence-corrected chi connectivity index (χ0v) is 18.6. The number of carbonyl (C=O) groups excluding carboxylic acids is 1. The topological polar surface area (TPSA) is 128 Å². The maximum atomic E-state index is 14.9. The number of carbonyl (C=O) groups is 1. The Morgan fingerprint density at radius 2 is 2.17 bits per heavy atom.